The van der Waals surface area contributed by atoms with Gasteiger partial charge in [0.05, 0.1) is 0 Å². The predicted molar refractivity (Wildman–Crippen MR) is 122 cm³/mol. The minimum Gasteiger partial charge on any atom is -0.381 e. The summed E-state index contributed by atoms with van der Waals surface area (Å²) in [5.41, 5.74) is 2.53. The van der Waals surface area contributed by atoms with Gasteiger partial charge in [-0.15, -0.1) is 24.0 Å². The summed E-state index contributed by atoms with van der Waals surface area (Å²) in [7, 11) is 1.80. The van der Waals surface area contributed by atoms with Gasteiger partial charge in [0.1, 0.15) is 0 Å². The molecule has 0 fully saturated rings. The number of halogens is 1. The number of guanidine groups is 1. The summed E-state index contributed by atoms with van der Waals surface area (Å²) < 4.78 is 5.56. The van der Waals surface area contributed by atoms with Gasteiger partial charge < -0.3 is 20.3 Å². The zero-order valence-corrected chi connectivity index (χ0v) is 18.4. The molecule has 2 rings (SSSR count). The standard InChI is InChI=1S/C20H32N4O.HI/c1-3-4-15-25-16-7-12-22-20(21-2)23-17-18-8-10-19(11-9-18)24-13-5-6-14-24;/h5-6,8-11H,3-4,7,12-17H2,1-2H3,(H2,21,22,23);1H. The highest BCUT2D eigenvalue weighted by molar-refractivity contribution is 14.0. The molecule has 6 heteroatoms. The second kappa shape index (κ2) is 13.9. The van der Waals surface area contributed by atoms with Crippen molar-refractivity contribution in [2.24, 2.45) is 4.99 Å². The maximum Gasteiger partial charge on any atom is 0.191 e. The monoisotopic (exact) mass is 472 g/mol. The second-order valence-electron chi connectivity index (χ2n) is 6.21. The Hall–Kier alpha value is -1.28. The number of aliphatic imine (C=N–C) groups is 1. The fraction of sp³-hybridized carbons (Fsp3) is 0.550. The first-order chi connectivity index (χ1) is 12.3. The third-order valence-corrected chi connectivity index (χ3v) is 4.20. The number of benzene rings is 1. The van der Waals surface area contributed by atoms with Gasteiger partial charge in [0.2, 0.25) is 0 Å². The molecule has 0 spiro atoms. The Labute approximate surface area is 175 Å². The molecule has 0 radical (unpaired) electrons. The molecule has 2 N–H and O–H groups in total. The van der Waals surface area contributed by atoms with Gasteiger partial charge in [-0.25, -0.2) is 0 Å². The number of unbranched alkanes of at least 4 members (excludes halogenated alkanes) is 1. The quantitative estimate of drug-likeness (QED) is 0.180. The van der Waals surface area contributed by atoms with Crippen molar-refractivity contribution in [1.29, 1.82) is 0 Å². The molecule has 1 aromatic carbocycles. The molecule has 0 bridgehead atoms. The van der Waals surface area contributed by atoms with Gasteiger partial charge in [0, 0.05) is 52.1 Å². The number of hydrogen-bond donors (Lipinski definition) is 2. The molecular weight excluding hydrogens is 439 g/mol. The maximum absolute atomic E-state index is 5.56. The summed E-state index contributed by atoms with van der Waals surface area (Å²) in [6.07, 6.45) is 7.73. The number of anilines is 1. The number of rotatable bonds is 10. The number of nitrogens with one attached hydrogen (secondary N) is 2. The lowest BCUT2D eigenvalue weighted by Crippen LogP contribution is -2.37. The van der Waals surface area contributed by atoms with E-state index in [9.17, 15) is 0 Å². The molecule has 0 saturated carbocycles. The molecule has 0 amide bonds. The molecule has 1 aliphatic rings. The van der Waals surface area contributed by atoms with Crippen molar-refractivity contribution in [2.75, 3.05) is 44.8 Å². The highest BCUT2D eigenvalue weighted by Crippen LogP contribution is 2.17. The van der Waals surface area contributed by atoms with E-state index in [-0.39, 0.29) is 24.0 Å². The third kappa shape index (κ3) is 8.40. The lowest BCUT2D eigenvalue weighted by atomic mass is 10.2. The Kier molecular flexibility index (Phi) is 12.1. The number of ether oxygens (including phenoxy) is 1. The second-order valence-corrected chi connectivity index (χ2v) is 6.21. The van der Waals surface area contributed by atoms with Gasteiger partial charge in [0.25, 0.3) is 0 Å². The SMILES string of the molecule is CCCCOCCCNC(=NC)NCc1ccc(N2CC=CC2)cc1.I. The molecule has 5 nitrogen and oxygen atoms in total. The van der Waals surface area contributed by atoms with Crippen molar-refractivity contribution >= 4 is 35.6 Å². The molecule has 146 valence electrons. The fourth-order valence-electron chi connectivity index (χ4n) is 2.65. The Balaban J connectivity index is 0.00000338. The summed E-state index contributed by atoms with van der Waals surface area (Å²) in [5, 5.41) is 6.69. The van der Waals surface area contributed by atoms with E-state index in [1.807, 2.05) is 0 Å². The minimum absolute atomic E-state index is 0. The van der Waals surface area contributed by atoms with E-state index < -0.39 is 0 Å². The van der Waals surface area contributed by atoms with Crippen molar-refractivity contribution in [2.45, 2.75) is 32.7 Å². The van der Waals surface area contributed by atoms with Crippen LogP contribution < -0.4 is 15.5 Å². The molecule has 0 aliphatic carbocycles. The van der Waals surface area contributed by atoms with Crippen molar-refractivity contribution in [1.82, 2.24) is 10.6 Å². The summed E-state index contributed by atoms with van der Waals surface area (Å²) >= 11 is 0. The van der Waals surface area contributed by atoms with Gasteiger partial charge in [-0.1, -0.05) is 37.6 Å². The van der Waals surface area contributed by atoms with Crippen LogP contribution in [0.2, 0.25) is 0 Å². The minimum atomic E-state index is 0. The van der Waals surface area contributed by atoms with Crippen molar-refractivity contribution in [3.8, 4) is 0 Å². The molecule has 0 saturated heterocycles. The molecule has 0 aromatic heterocycles. The molecule has 0 unspecified atom stereocenters. The van der Waals surface area contributed by atoms with Crippen LogP contribution in [0.15, 0.2) is 41.4 Å². The first kappa shape index (κ1) is 22.8. The van der Waals surface area contributed by atoms with Crippen LogP contribution in [-0.2, 0) is 11.3 Å². The fourth-order valence-corrected chi connectivity index (χ4v) is 2.65. The van der Waals surface area contributed by atoms with Crippen LogP contribution in [-0.4, -0.2) is 45.9 Å². The molecule has 0 atom stereocenters. The van der Waals surface area contributed by atoms with E-state index >= 15 is 0 Å². The summed E-state index contributed by atoms with van der Waals surface area (Å²) in [5.74, 6) is 0.835. The van der Waals surface area contributed by atoms with Crippen LogP contribution in [0.1, 0.15) is 31.7 Å². The number of hydrogen-bond acceptors (Lipinski definition) is 3. The highest BCUT2D eigenvalue weighted by atomic mass is 127. The highest BCUT2D eigenvalue weighted by Gasteiger charge is 2.07. The zero-order chi connectivity index (χ0) is 17.7. The smallest absolute Gasteiger partial charge is 0.191 e. The Bertz CT molecular complexity index is 537. The topological polar surface area (TPSA) is 48.9 Å². The summed E-state index contributed by atoms with van der Waals surface area (Å²) in [6, 6.07) is 8.73. The van der Waals surface area contributed by atoms with Gasteiger partial charge in [-0.05, 0) is 30.5 Å². The first-order valence-electron chi connectivity index (χ1n) is 9.34. The van der Waals surface area contributed by atoms with Crippen LogP contribution in [0.4, 0.5) is 5.69 Å². The summed E-state index contributed by atoms with van der Waals surface area (Å²) in [4.78, 5) is 6.62. The van der Waals surface area contributed by atoms with E-state index in [1.165, 1.54) is 17.7 Å². The normalized spacial score (nSPS) is 13.6. The molecule has 1 heterocycles. The van der Waals surface area contributed by atoms with Gasteiger partial charge in [0.15, 0.2) is 5.96 Å². The largest absolute Gasteiger partial charge is 0.381 e. The van der Waals surface area contributed by atoms with Crippen LogP contribution in [0.5, 0.6) is 0 Å². The Morgan fingerprint density at radius 3 is 2.42 bits per heavy atom. The Morgan fingerprint density at radius 2 is 1.77 bits per heavy atom. The van der Waals surface area contributed by atoms with E-state index in [0.29, 0.717) is 0 Å². The van der Waals surface area contributed by atoms with Crippen molar-refractivity contribution in [3.05, 3.63) is 42.0 Å². The molecule has 26 heavy (non-hydrogen) atoms. The molecule has 1 aliphatic heterocycles. The zero-order valence-electron chi connectivity index (χ0n) is 16.0. The van der Waals surface area contributed by atoms with E-state index in [2.05, 4.69) is 63.9 Å². The van der Waals surface area contributed by atoms with Gasteiger partial charge in [-0.3, -0.25) is 4.99 Å². The lowest BCUT2D eigenvalue weighted by Gasteiger charge is -2.18. The van der Waals surface area contributed by atoms with E-state index in [1.54, 1.807) is 7.05 Å². The average Bonchev–Trinajstić information content (AvgIpc) is 3.18. The van der Waals surface area contributed by atoms with Crippen LogP contribution in [0.3, 0.4) is 0 Å². The van der Waals surface area contributed by atoms with Gasteiger partial charge >= 0.3 is 0 Å². The molecule has 1 aromatic rings. The maximum atomic E-state index is 5.56. The van der Waals surface area contributed by atoms with Crippen LogP contribution in [0, 0.1) is 0 Å². The first-order valence-corrected chi connectivity index (χ1v) is 9.34. The number of nitrogens with zero attached hydrogens (tertiary/aromatic N) is 2. The summed E-state index contributed by atoms with van der Waals surface area (Å²) in [6.45, 7) is 7.51. The van der Waals surface area contributed by atoms with E-state index in [0.717, 1.165) is 58.2 Å². The van der Waals surface area contributed by atoms with Crippen molar-refractivity contribution in [3.63, 3.8) is 0 Å². The molecular formula is C20H33IN4O. The van der Waals surface area contributed by atoms with Gasteiger partial charge in [-0.2, -0.15) is 0 Å². The van der Waals surface area contributed by atoms with Crippen LogP contribution >= 0.6 is 24.0 Å². The van der Waals surface area contributed by atoms with E-state index in [4.69, 9.17) is 4.74 Å². The van der Waals surface area contributed by atoms with Crippen LogP contribution in [0.25, 0.3) is 0 Å². The lowest BCUT2D eigenvalue weighted by molar-refractivity contribution is 0.129. The average molecular weight is 472 g/mol. The third-order valence-electron chi connectivity index (χ3n) is 4.20. The predicted octanol–water partition coefficient (Wildman–Crippen LogP) is 3.55. The Morgan fingerprint density at radius 1 is 1.08 bits per heavy atom. The van der Waals surface area contributed by atoms with Crippen molar-refractivity contribution < 1.29 is 4.74 Å².